The summed E-state index contributed by atoms with van der Waals surface area (Å²) in [5.41, 5.74) is 1.65. The minimum absolute atomic E-state index is 0.0834. The van der Waals surface area contributed by atoms with Gasteiger partial charge in [0, 0.05) is 24.2 Å². The van der Waals surface area contributed by atoms with E-state index in [0.29, 0.717) is 11.5 Å². The lowest BCUT2D eigenvalue weighted by atomic mass is 10.1. The number of anilines is 2. The van der Waals surface area contributed by atoms with Crippen LogP contribution in [-0.4, -0.2) is 15.0 Å². The minimum Gasteiger partial charge on any atom is -0.325 e. The van der Waals surface area contributed by atoms with E-state index >= 15 is 0 Å². The molecule has 122 valence electrons. The zero-order valence-electron chi connectivity index (χ0n) is 12.7. The standard InChI is InChI=1S/C17H13F3N4/c1-11-7-14(12-3-2-5-21-10-12)23-16(8-11)24-15-9-13(4-6-22-15)17(18,19)20/h2-10H,1H3,(H,22,23,24). The second-order valence-corrected chi connectivity index (χ2v) is 5.21. The highest BCUT2D eigenvalue weighted by Gasteiger charge is 2.30. The van der Waals surface area contributed by atoms with Gasteiger partial charge in [-0.2, -0.15) is 13.2 Å². The van der Waals surface area contributed by atoms with Gasteiger partial charge >= 0.3 is 6.18 Å². The minimum atomic E-state index is -4.42. The SMILES string of the molecule is Cc1cc(Nc2cc(C(F)(F)F)ccn2)nc(-c2cccnc2)c1. The maximum atomic E-state index is 12.8. The van der Waals surface area contributed by atoms with Crippen LogP contribution in [0.1, 0.15) is 11.1 Å². The second kappa shape index (κ2) is 6.27. The first-order chi connectivity index (χ1) is 11.4. The van der Waals surface area contributed by atoms with E-state index in [2.05, 4.69) is 20.3 Å². The lowest BCUT2D eigenvalue weighted by Gasteiger charge is -2.11. The molecule has 0 radical (unpaired) electrons. The van der Waals surface area contributed by atoms with Gasteiger partial charge in [-0.3, -0.25) is 4.98 Å². The highest BCUT2D eigenvalue weighted by molar-refractivity contribution is 5.63. The summed E-state index contributed by atoms with van der Waals surface area (Å²) in [4.78, 5) is 12.4. The summed E-state index contributed by atoms with van der Waals surface area (Å²) >= 11 is 0. The van der Waals surface area contributed by atoms with Crippen molar-refractivity contribution in [2.75, 3.05) is 5.32 Å². The molecule has 0 fully saturated rings. The number of nitrogens with zero attached hydrogens (tertiary/aromatic N) is 3. The topological polar surface area (TPSA) is 50.7 Å². The van der Waals surface area contributed by atoms with Gasteiger partial charge in [-0.25, -0.2) is 9.97 Å². The molecule has 24 heavy (non-hydrogen) atoms. The molecular weight excluding hydrogens is 317 g/mol. The van der Waals surface area contributed by atoms with Crippen molar-refractivity contribution in [2.45, 2.75) is 13.1 Å². The molecular formula is C17H13F3N4. The Morgan fingerprint density at radius 2 is 1.83 bits per heavy atom. The summed E-state index contributed by atoms with van der Waals surface area (Å²) in [6.07, 6.45) is 0.0301. The third-order valence-corrected chi connectivity index (χ3v) is 3.27. The van der Waals surface area contributed by atoms with Crippen LogP contribution in [0.15, 0.2) is 55.0 Å². The predicted molar refractivity (Wildman–Crippen MR) is 84.7 cm³/mol. The first kappa shape index (κ1) is 15.9. The second-order valence-electron chi connectivity index (χ2n) is 5.21. The van der Waals surface area contributed by atoms with Gasteiger partial charge in [0.2, 0.25) is 0 Å². The van der Waals surface area contributed by atoms with Crippen LogP contribution in [0.4, 0.5) is 24.8 Å². The van der Waals surface area contributed by atoms with Crippen LogP contribution in [0, 0.1) is 6.92 Å². The lowest BCUT2D eigenvalue weighted by molar-refractivity contribution is -0.137. The zero-order chi connectivity index (χ0) is 17.2. The highest BCUT2D eigenvalue weighted by Crippen LogP contribution is 2.30. The molecule has 0 aromatic carbocycles. The number of halogens is 3. The first-order valence-electron chi connectivity index (χ1n) is 7.11. The normalized spacial score (nSPS) is 11.3. The Morgan fingerprint density at radius 1 is 1.00 bits per heavy atom. The van der Waals surface area contributed by atoms with Crippen molar-refractivity contribution in [3.8, 4) is 11.3 Å². The van der Waals surface area contributed by atoms with E-state index in [-0.39, 0.29) is 5.82 Å². The Balaban J connectivity index is 1.92. The smallest absolute Gasteiger partial charge is 0.325 e. The van der Waals surface area contributed by atoms with Crippen molar-refractivity contribution in [3.63, 3.8) is 0 Å². The molecule has 3 aromatic heterocycles. The Hall–Kier alpha value is -2.96. The third kappa shape index (κ3) is 3.68. The number of hydrogen-bond acceptors (Lipinski definition) is 4. The summed E-state index contributed by atoms with van der Waals surface area (Å²) in [6, 6.07) is 9.15. The van der Waals surface area contributed by atoms with Gasteiger partial charge in [-0.1, -0.05) is 0 Å². The molecule has 0 bridgehead atoms. The summed E-state index contributed by atoms with van der Waals surface area (Å²) in [5.74, 6) is 0.501. The quantitative estimate of drug-likeness (QED) is 0.762. The van der Waals surface area contributed by atoms with E-state index in [1.807, 2.05) is 19.1 Å². The Morgan fingerprint density at radius 3 is 2.54 bits per heavy atom. The van der Waals surface area contributed by atoms with Crippen molar-refractivity contribution in [2.24, 2.45) is 0 Å². The van der Waals surface area contributed by atoms with Gasteiger partial charge in [-0.15, -0.1) is 0 Å². The van der Waals surface area contributed by atoms with Crippen LogP contribution < -0.4 is 5.32 Å². The van der Waals surface area contributed by atoms with E-state index in [1.54, 1.807) is 24.5 Å². The highest BCUT2D eigenvalue weighted by atomic mass is 19.4. The monoisotopic (exact) mass is 330 g/mol. The molecule has 3 heterocycles. The molecule has 0 spiro atoms. The molecule has 7 heteroatoms. The Bertz CT molecular complexity index is 848. The summed E-state index contributed by atoms with van der Waals surface area (Å²) in [6.45, 7) is 1.88. The van der Waals surface area contributed by atoms with E-state index < -0.39 is 11.7 Å². The number of aryl methyl sites for hydroxylation is 1. The van der Waals surface area contributed by atoms with E-state index in [4.69, 9.17) is 0 Å². The largest absolute Gasteiger partial charge is 0.416 e. The molecule has 0 amide bonds. The fraction of sp³-hybridized carbons (Fsp3) is 0.118. The van der Waals surface area contributed by atoms with Gasteiger partial charge < -0.3 is 5.32 Å². The third-order valence-electron chi connectivity index (χ3n) is 3.27. The first-order valence-corrected chi connectivity index (χ1v) is 7.11. The molecule has 3 rings (SSSR count). The average Bonchev–Trinajstić information content (AvgIpc) is 2.54. The molecule has 0 aliphatic heterocycles. The van der Waals surface area contributed by atoms with Crippen molar-refractivity contribution in [1.82, 2.24) is 15.0 Å². The summed E-state index contributed by atoms with van der Waals surface area (Å²) < 4.78 is 38.3. The van der Waals surface area contributed by atoms with Crippen molar-refractivity contribution in [1.29, 1.82) is 0 Å². The van der Waals surface area contributed by atoms with Gasteiger partial charge in [0.25, 0.3) is 0 Å². The van der Waals surface area contributed by atoms with Crippen molar-refractivity contribution in [3.05, 3.63) is 66.1 Å². The molecule has 0 saturated carbocycles. The zero-order valence-corrected chi connectivity index (χ0v) is 12.7. The maximum Gasteiger partial charge on any atom is 0.416 e. The summed E-state index contributed by atoms with van der Waals surface area (Å²) in [7, 11) is 0. The van der Waals surface area contributed by atoms with Gasteiger partial charge in [0.05, 0.1) is 11.3 Å². The number of pyridine rings is 3. The van der Waals surface area contributed by atoms with Crippen LogP contribution in [0.3, 0.4) is 0 Å². The lowest BCUT2D eigenvalue weighted by Crippen LogP contribution is -2.06. The number of alkyl halides is 3. The van der Waals surface area contributed by atoms with Crippen LogP contribution in [0.5, 0.6) is 0 Å². The average molecular weight is 330 g/mol. The predicted octanol–water partition coefficient (Wildman–Crippen LogP) is 4.61. The molecule has 0 aliphatic rings. The van der Waals surface area contributed by atoms with Crippen LogP contribution >= 0.6 is 0 Å². The number of rotatable bonds is 3. The van der Waals surface area contributed by atoms with E-state index in [0.717, 1.165) is 29.5 Å². The number of nitrogens with one attached hydrogen (secondary N) is 1. The maximum absolute atomic E-state index is 12.8. The molecule has 0 atom stereocenters. The molecule has 4 nitrogen and oxygen atoms in total. The Labute approximate surface area is 136 Å². The van der Waals surface area contributed by atoms with Crippen LogP contribution in [-0.2, 0) is 6.18 Å². The van der Waals surface area contributed by atoms with Crippen LogP contribution in [0.2, 0.25) is 0 Å². The van der Waals surface area contributed by atoms with Crippen molar-refractivity contribution >= 4 is 11.6 Å². The van der Waals surface area contributed by atoms with Gasteiger partial charge in [0.1, 0.15) is 11.6 Å². The van der Waals surface area contributed by atoms with Crippen molar-refractivity contribution < 1.29 is 13.2 Å². The molecule has 3 aromatic rings. The Kier molecular flexibility index (Phi) is 4.16. The molecule has 0 aliphatic carbocycles. The molecule has 0 saturated heterocycles. The van der Waals surface area contributed by atoms with E-state index in [1.165, 1.54) is 0 Å². The fourth-order valence-corrected chi connectivity index (χ4v) is 2.20. The van der Waals surface area contributed by atoms with E-state index in [9.17, 15) is 13.2 Å². The molecule has 0 unspecified atom stereocenters. The fourth-order valence-electron chi connectivity index (χ4n) is 2.20. The van der Waals surface area contributed by atoms with Crippen LogP contribution in [0.25, 0.3) is 11.3 Å². The number of hydrogen-bond donors (Lipinski definition) is 1. The number of aromatic nitrogens is 3. The van der Waals surface area contributed by atoms with Gasteiger partial charge in [-0.05, 0) is 48.9 Å². The molecule has 1 N–H and O–H groups in total. The summed E-state index contributed by atoms with van der Waals surface area (Å²) in [5, 5.41) is 2.82. The van der Waals surface area contributed by atoms with Gasteiger partial charge in [0.15, 0.2) is 0 Å².